The van der Waals surface area contributed by atoms with Gasteiger partial charge in [0.2, 0.25) is 0 Å². The van der Waals surface area contributed by atoms with Crippen LogP contribution in [0.1, 0.15) is 65.2 Å². The van der Waals surface area contributed by atoms with Crippen LogP contribution in [0.3, 0.4) is 0 Å². The van der Waals surface area contributed by atoms with Crippen molar-refractivity contribution in [2.45, 2.75) is 71.3 Å². The molecular formula is C19H28O4S. The van der Waals surface area contributed by atoms with Crippen molar-refractivity contribution >= 4 is 17.1 Å². The van der Waals surface area contributed by atoms with Crippen LogP contribution in [-0.2, 0) is 20.3 Å². The molecule has 0 spiro atoms. The highest BCUT2D eigenvalue weighted by molar-refractivity contribution is 7.74. The lowest BCUT2D eigenvalue weighted by molar-refractivity contribution is -0.131. The molecule has 0 aromatic heterocycles. The zero-order valence-electron chi connectivity index (χ0n) is 14.6. The van der Waals surface area contributed by atoms with Crippen LogP contribution >= 0.6 is 0 Å². The maximum Gasteiger partial charge on any atom is 0.302 e. The maximum absolute atomic E-state index is 12.4. The van der Waals surface area contributed by atoms with E-state index < -0.39 is 11.4 Å². The third-order valence-corrected chi connectivity index (χ3v) is 8.42. The lowest BCUT2D eigenvalue weighted by Crippen LogP contribution is -2.50. The van der Waals surface area contributed by atoms with Crippen molar-refractivity contribution in [3.8, 4) is 0 Å². The van der Waals surface area contributed by atoms with Crippen LogP contribution in [0, 0.1) is 28.6 Å². The Labute approximate surface area is 146 Å². The predicted octanol–water partition coefficient (Wildman–Crippen LogP) is 4.04. The summed E-state index contributed by atoms with van der Waals surface area (Å²) in [6.45, 7) is 4.60. The number of allylic oxidation sites excluding steroid dienone is 1. The fourth-order valence-electron chi connectivity index (χ4n) is 6.60. The van der Waals surface area contributed by atoms with Gasteiger partial charge in [0.05, 0.1) is 6.10 Å². The Kier molecular flexibility index (Phi) is 4.05. The standard InChI is InChI=1S/C19H28O4S/c1-18-9-7-13(23-24(21)22)11-12(18)3-4-14-15-5-6-17(20)19(15,2)10-8-16(14)18/h3,13-16H,4-11H2,1-2H3,(H,21,22)/t13-,14-,15-,16-,18-,19-/m0/s1. The molecule has 4 aliphatic rings. The molecule has 24 heavy (non-hydrogen) atoms. The monoisotopic (exact) mass is 352 g/mol. The minimum absolute atomic E-state index is 0.0724. The second-order valence-corrected chi connectivity index (χ2v) is 9.48. The van der Waals surface area contributed by atoms with E-state index in [0.717, 1.165) is 51.4 Å². The minimum Gasteiger partial charge on any atom is -0.299 e. The molecule has 0 saturated heterocycles. The zero-order chi connectivity index (χ0) is 17.1. The number of carbonyl (C=O) groups is 1. The Bertz CT molecular complexity index is 614. The molecule has 1 N–H and O–H groups in total. The Hall–Kier alpha value is -0.520. The molecule has 7 atom stereocenters. The van der Waals surface area contributed by atoms with Gasteiger partial charge in [0, 0.05) is 11.8 Å². The molecule has 3 fully saturated rings. The number of Topliss-reactive ketones (excluding diaryl/α,β-unsaturated/α-hetero) is 1. The van der Waals surface area contributed by atoms with Gasteiger partial charge in [0.1, 0.15) is 5.78 Å². The van der Waals surface area contributed by atoms with Crippen molar-refractivity contribution in [1.29, 1.82) is 0 Å². The van der Waals surface area contributed by atoms with Crippen molar-refractivity contribution in [3.05, 3.63) is 11.6 Å². The van der Waals surface area contributed by atoms with Gasteiger partial charge in [0.15, 0.2) is 0 Å². The van der Waals surface area contributed by atoms with Crippen molar-refractivity contribution in [2.75, 3.05) is 0 Å². The molecule has 134 valence electrons. The quantitative estimate of drug-likeness (QED) is 0.602. The number of carbonyl (C=O) groups excluding carboxylic acids is 1. The molecule has 1 unspecified atom stereocenters. The van der Waals surface area contributed by atoms with Gasteiger partial charge in [-0.15, -0.1) is 0 Å². The topological polar surface area (TPSA) is 63.6 Å². The molecule has 4 nitrogen and oxygen atoms in total. The smallest absolute Gasteiger partial charge is 0.299 e. The van der Waals surface area contributed by atoms with E-state index in [2.05, 4.69) is 19.9 Å². The van der Waals surface area contributed by atoms with Gasteiger partial charge in [-0.2, -0.15) is 4.21 Å². The van der Waals surface area contributed by atoms with E-state index >= 15 is 0 Å². The molecular weight excluding hydrogens is 324 g/mol. The van der Waals surface area contributed by atoms with Crippen LogP contribution in [0.2, 0.25) is 0 Å². The molecule has 4 rings (SSSR count). The second kappa shape index (κ2) is 5.75. The molecule has 0 bridgehead atoms. The van der Waals surface area contributed by atoms with E-state index in [9.17, 15) is 9.00 Å². The summed E-state index contributed by atoms with van der Waals surface area (Å²) in [4.78, 5) is 12.4. The van der Waals surface area contributed by atoms with E-state index in [1.54, 1.807) is 0 Å². The van der Waals surface area contributed by atoms with Gasteiger partial charge in [-0.25, -0.2) is 0 Å². The fraction of sp³-hybridized carbons (Fsp3) is 0.842. The second-order valence-electron chi connectivity index (χ2n) is 8.86. The molecule has 0 heterocycles. The van der Waals surface area contributed by atoms with Crippen molar-refractivity contribution in [2.24, 2.45) is 28.6 Å². The largest absolute Gasteiger partial charge is 0.302 e. The third-order valence-electron chi connectivity index (χ3n) is 7.99. The number of ketones is 1. The lowest BCUT2D eigenvalue weighted by Gasteiger charge is -2.56. The Balaban J connectivity index is 1.60. The average Bonchev–Trinajstić information content (AvgIpc) is 2.83. The first-order valence-electron chi connectivity index (χ1n) is 9.35. The number of rotatable bonds is 2. The lowest BCUT2D eigenvalue weighted by atomic mass is 9.48. The number of hydrogen-bond acceptors (Lipinski definition) is 3. The van der Waals surface area contributed by atoms with Gasteiger partial charge >= 0.3 is 11.4 Å². The van der Waals surface area contributed by atoms with Crippen LogP contribution < -0.4 is 0 Å². The minimum atomic E-state index is -2.17. The van der Waals surface area contributed by atoms with E-state index in [0.29, 0.717) is 23.5 Å². The Morgan fingerprint density at radius 2 is 1.88 bits per heavy atom. The summed E-state index contributed by atoms with van der Waals surface area (Å²) in [5.41, 5.74) is 1.54. The molecule has 0 aromatic rings. The third kappa shape index (κ3) is 2.38. The van der Waals surface area contributed by atoms with E-state index in [1.165, 1.54) is 5.57 Å². The van der Waals surface area contributed by atoms with Gasteiger partial charge in [-0.1, -0.05) is 25.5 Å². The van der Waals surface area contributed by atoms with Gasteiger partial charge < -0.3 is 0 Å². The van der Waals surface area contributed by atoms with Crippen LogP contribution in [0.4, 0.5) is 0 Å². The van der Waals surface area contributed by atoms with Gasteiger partial charge in [0.25, 0.3) is 0 Å². The van der Waals surface area contributed by atoms with Crippen molar-refractivity contribution in [1.82, 2.24) is 0 Å². The van der Waals surface area contributed by atoms with Crippen molar-refractivity contribution in [3.63, 3.8) is 0 Å². The molecule has 0 aromatic carbocycles. The maximum atomic E-state index is 12.4. The van der Waals surface area contributed by atoms with Crippen LogP contribution in [0.15, 0.2) is 11.6 Å². The first kappa shape index (κ1) is 16.9. The number of hydrogen-bond donors (Lipinski definition) is 1. The number of fused-ring (bicyclic) bond motifs is 5. The molecule has 0 aliphatic heterocycles. The SMILES string of the molecule is C[C@]12CC[C@H](OS(=O)O)CC1=CC[C@@H]1[C@@H]2CC[C@]2(C)C(=O)CC[C@@H]12. The van der Waals surface area contributed by atoms with E-state index in [-0.39, 0.29) is 16.9 Å². The summed E-state index contributed by atoms with van der Waals surface area (Å²) < 4.78 is 25.1. The zero-order valence-corrected chi connectivity index (χ0v) is 15.4. The highest BCUT2D eigenvalue weighted by Crippen LogP contribution is 2.64. The first-order chi connectivity index (χ1) is 11.3. The van der Waals surface area contributed by atoms with Gasteiger partial charge in [-0.3, -0.25) is 13.5 Å². The Morgan fingerprint density at radius 1 is 1.17 bits per heavy atom. The summed E-state index contributed by atoms with van der Waals surface area (Å²) in [5, 5.41) is 0. The summed E-state index contributed by atoms with van der Waals surface area (Å²) >= 11 is -2.17. The highest BCUT2D eigenvalue weighted by Gasteiger charge is 2.58. The summed E-state index contributed by atoms with van der Waals surface area (Å²) in [5.74, 6) is 2.33. The molecule has 0 amide bonds. The van der Waals surface area contributed by atoms with Gasteiger partial charge in [-0.05, 0) is 68.1 Å². The van der Waals surface area contributed by atoms with E-state index in [1.807, 2.05) is 0 Å². The molecule has 0 radical (unpaired) electrons. The average molecular weight is 352 g/mol. The van der Waals surface area contributed by atoms with Crippen molar-refractivity contribution < 1.29 is 17.7 Å². The Morgan fingerprint density at radius 3 is 2.62 bits per heavy atom. The first-order valence-corrected chi connectivity index (χ1v) is 10.4. The summed E-state index contributed by atoms with van der Waals surface area (Å²) in [7, 11) is 0. The molecule has 4 aliphatic carbocycles. The molecule has 3 saturated carbocycles. The summed E-state index contributed by atoms with van der Waals surface area (Å²) in [6.07, 6.45) is 10.0. The van der Waals surface area contributed by atoms with Crippen LogP contribution in [0.5, 0.6) is 0 Å². The predicted molar refractivity (Wildman–Crippen MR) is 92.4 cm³/mol. The van der Waals surface area contributed by atoms with Crippen LogP contribution in [0.25, 0.3) is 0 Å². The van der Waals surface area contributed by atoms with Crippen LogP contribution in [-0.4, -0.2) is 20.6 Å². The highest BCUT2D eigenvalue weighted by atomic mass is 32.2. The molecule has 5 heteroatoms. The van der Waals surface area contributed by atoms with E-state index in [4.69, 9.17) is 8.74 Å². The fourth-order valence-corrected chi connectivity index (χ4v) is 6.99. The normalized spacial score (nSPS) is 49.0. The summed E-state index contributed by atoms with van der Waals surface area (Å²) in [6, 6.07) is 0.